The molecule has 184 valence electrons. The highest BCUT2D eigenvalue weighted by Gasteiger charge is 2.31. The summed E-state index contributed by atoms with van der Waals surface area (Å²) in [5, 5.41) is 5.67. The fraction of sp³-hybridized carbons (Fsp3) is 0.261. The van der Waals surface area contributed by atoms with Crippen molar-refractivity contribution in [2.75, 3.05) is 23.3 Å². The molecule has 2 N–H and O–H groups in total. The van der Waals surface area contributed by atoms with Gasteiger partial charge in [0.25, 0.3) is 0 Å². The number of carbonyl (C=O) groups excluding carboxylic acids is 1. The third-order valence-corrected chi connectivity index (χ3v) is 5.45. The molecule has 0 spiro atoms. The van der Waals surface area contributed by atoms with Gasteiger partial charge in [-0.05, 0) is 49.2 Å². The van der Waals surface area contributed by atoms with Crippen molar-refractivity contribution in [3.63, 3.8) is 0 Å². The van der Waals surface area contributed by atoms with Crippen molar-refractivity contribution < 1.29 is 27.4 Å². The lowest BCUT2D eigenvalue weighted by atomic mass is 10.1. The number of nitrogens with zero attached hydrogens (tertiary/aromatic N) is 3. The molecule has 0 bridgehead atoms. The van der Waals surface area contributed by atoms with Gasteiger partial charge < -0.3 is 25.0 Å². The number of halogens is 4. The van der Waals surface area contributed by atoms with Crippen molar-refractivity contribution in [1.29, 1.82) is 0 Å². The minimum absolute atomic E-state index is 0.0216. The zero-order valence-corrected chi connectivity index (χ0v) is 19.0. The second-order valence-electron chi connectivity index (χ2n) is 7.67. The van der Waals surface area contributed by atoms with E-state index in [0.717, 1.165) is 12.1 Å². The van der Waals surface area contributed by atoms with Crippen LogP contribution in [0.15, 0.2) is 61.1 Å². The second-order valence-corrected chi connectivity index (χ2v) is 8.08. The van der Waals surface area contributed by atoms with Gasteiger partial charge >= 0.3 is 12.4 Å². The van der Waals surface area contributed by atoms with Crippen LogP contribution < -0.4 is 25.0 Å². The monoisotopic (exact) mass is 507 g/mol. The maximum absolute atomic E-state index is 12.4. The van der Waals surface area contributed by atoms with Gasteiger partial charge in [-0.2, -0.15) is 0 Å². The summed E-state index contributed by atoms with van der Waals surface area (Å²) in [6, 6.07) is 10.0. The molecule has 1 saturated heterocycles. The normalized spacial score (nSPS) is 14.3. The number of amides is 2. The first-order chi connectivity index (χ1) is 16.8. The van der Waals surface area contributed by atoms with Crippen LogP contribution in [0.1, 0.15) is 12.8 Å². The number of nitrogens with one attached hydrogen (secondary N) is 2. The molecule has 2 amide bonds. The number of hydrogen-bond donors (Lipinski definition) is 2. The zero-order chi connectivity index (χ0) is 24.8. The van der Waals surface area contributed by atoms with Gasteiger partial charge in [0, 0.05) is 37.6 Å². The molecule has 0 aliphatic carbocycles. The summed E-state index contributed by atoms with van der Waals surface area (Å²) in [4.78, 5) is 22.6. The topological polar surface area (TPSA) is 88.6 Å². The predicted octanol–water partition coefficient (Wildman–Crippen LogP) is 5.61. The standard InChI is InChI=1S/C23H21ClF3N5O3/c24-18-13-17(35-23(25,26)27)5-6-19(18)34-20-4-2-10-29-21(20)32-11-7-15(8-12-32)30-22(33)31-16-3-1-9-28-14-16/h1-6,9-10,13-15H,7-8,11-12H2,(H2,30,31,33). The third-order valence-electron chi connectivity index (χ3n) is 5.16. The highest BCUT2D eigenvalue weighted by Crippen LogP contribution is 2.37. The van der Waals surface area contributed by atoms with E-state index in [1.807, 2.05) is 4.90 Å². The van der Waals surface area contributed by atoms with Crippen LogP contribution in [-0.2, 0) is 0 Å². The molecular formula is C23H21ClF3N5O3. The minimum Gasteiger partial charge on any atom is -0.452 e. The average Bonchev–Trinajstić information content (AvgIpc) is 2.81. The van der Waals surface area contributed by atoms with Crippen LogP contribution >= 0.6 is 11.6 Å². The van der Waals surface area contributed by atoms with Crippen molar-refractivity contribution in [2.24, 2.45) is 0 Å². The number of hydrogen-bond acceptors (Lipinski definition) is 6. The third kappa shape index (κ3) is 6.89. The summed E-state index contributed by atoms with van der Waals surface area (Å²) < 4.78 is 47.1. The van der Waals surface area contributed by atoms with Gasteiger partial charge in [0.2, 0.25) is 0 Å². The Morgan fingerprint density at radius 1 is 1.09 bits per heavy atom. The molecule has 1 aliphatic rings. The number of carbonyl (C=O) groups is 1. The molecule has 3 aromatic rings. The van der Waals surface area contributed by atoms with E-state index in [0.29, 0.717) is 43.2 Å². The van der Waals surface area contributed by atoms with Gasteiger partial charge in [-0.1, -0.05) is 11.6 Å². The van der Waals surface area contributed by atoms with Crippen molar-refractivity contribution in [3.8, 4) is 17.2 Å². The molecule has 1 aliphatic heterocycles. The lowest BCUT2D eigenvalue weighted by Crippen LogP contribution is -2.46. The van der Waals surface area contributed by atoms with E-state index in [-0.39, 0.29) is 22.8 Å². The first-order valence-corrected chi connectivity index (χ1v) is 11.1. The highest BCUT2D eigenvalue weighted by molar-refractivity contribution is 6.32. The highest BCUT2D eigenvalue weighted by atomic mass is 35.5. The number of anilines is 2. The molecule has 1 aromatic carbocycles. The smallest absolute Gasteiger partial charge is 0.452 e. The van der Waals surface area contributed by atoms with E-state index in [1.165, 1.54) is 6.07 Å². The van der Waals surface area contributed by atoms with Crippen LogP contribution in [0.25, 0.3) is 0 Å². The molecule has 2 aromatic heterocycles. The SMILES string of the molecule is O=C(Nc1cccnc1)NC1CCN(c2ncccc2Oc2ccc(OC(F)(F)F)cc2Cl)CC1. The maximum Gasteiger partial charge on any atom is 0.573 e. The molecular weight excluding hydrogens is 487 g/mol. The lowest BCUT2D eigenvalue weighted by Gasteiger charge is -2.33. The Balaban J connectivity index is 1.36. The quantitative estimate of drug-likeness (QED) is 0.451. The number of alkyl halides is 3. The summed E-state index contributed by atoms with van der Waals surface area (Å²) in [6.07, 6.45) is 1.35. The first-order valence-electron chi connectivity index (χ1n) is 10.7. The van der Waals surface area contributed by atoms with Crippen LogP contribution in [-0.4, -0.2) is 41.5 Å². The molecule has 3 heterocycles. The molecule has 4 rings (SSSR count). The summed E-state index contributed by atoms with van der Waals surface area (Å²) in [5.41, 5.74) is 0.606. The van der Waals surface area contributed by atoms with Gasteiger partial charge in [-0.3, -0.25) is 4.98 Å². The molecule has 0 saturated carbocycles. The Hall–Kier alpha value is -3.73. The molecule has 8 nitrogen and oxygen atoms in total. The van der Waals surface area contributed by atoms with Crippen LogP contribution in [0.2, 0.25) is 5.02 Å². The first kappa shape index (κ1) is 24.4. The van der Waals surface area contributed by atoms with E-state index in [9.17, 15) is 18.0 Å². The Morgan fingerprint density at radius 3 is 2.54 bits per heavy atom. The number of piperidine rings is 1. The predicted molar refractivity (Wildman–Crippen MR) is 124 cm³/mol. The second kappa shape index (κ2) is 10.7. The minimum atomic E-state index is -4.82. The fourth-order valence-corrected chi connectivity index (χ4v) is 3.81. The van der Waals surface area contributed by atoms with Gasteiger partial charge in [-0.25, -0.2) is 9.78 Å². The van der Waals surface area contributed by atoms with Crippen molar-refractivity contribution in [2.45, 2.75) is 25.2 Å². The number of urea groups is 1. The summed E-state index contributed by atoms with van der Waals surface area (Å²) in [7, 11) is 0. The van der Waals surface area contributed by atoms with Gasteiger partial charge in [-0.15, -0.1) is 13.2 Å². The van der Waals surface area contributed by atoms with E-state index < -0.39 is 12.1 Å². The maximum atomic E-state index is 12.4. The molecule has 0 atom stereocenters. The number of rotatable bonds is 6. The zero-order valence-electron chi connectivity index (χ0n) is 18.3. The Bertz CT molecular complexity index is 1160. The lowest BCUT2D eigenvalue weighted by molar-refractivity contribution is -0.274. The molecule has 0 unspecified atom stereocenters. The number of ether oxygens (including phenoxy) is 2. The average molecular weight is 508 g/mol. The summed E-state index contributed by atoms with van der Waals surface area (Å²) in [6.45, 7) is 1.22. The molecule has 0 radical (unpaired) electrons. The van der Waals surface area contributed by atoms with Crippen LogP contribution in [0, 0.1) is 0 Å². The summed E-state index contributed by atoms with van der Waals surface area (Å²) in [5.74, 6) is 0.694. The van der Waals surface area contributed by atoms with E-state index >= 15 is 0 Å². The Labute approximate surface area is 204 Å². The fourth-order valence-electron chi connectivity index (χ4n) is 3.60. The van der Waals surface area contributed by atoms with Crippen molar-refractivity contribution >= 4 is 29.1 Å². The van der Waals surface area contributed by atoms with Gasteiger partial charge in [0.15, 0.2) is 11.6 Å². The van der Waals surface area contributed by atoms with E-state index in [1.54, 1.807) is 42.9 Å². The van der Waals surface area contributed by atoms with Gasteiger partial charge in [0.05, 0.1) is 16.9 Å². The van der Waals surface area contributed by atoms with E-state index in [2.05, 4.69) is 25.3 Å². The van der Waals surface area contributed by atoms with Crippen molar-refractivity contribution in [1.82, 2.24) is 15.3 Å². The number of aromatic nitrogens is 2. The molecule has 35 heavy (non-hydrogen) atoms. The number of pyridine rings is 2. The molecule has 1 fully saturated rings. The number of benzene rings is 1. The van der Waals surface area contributed by atoms with Crippen molar-refractivity contribution in [3.05, 3.63) is 66.1 Å². The Morgan fingerprint density at radius 2 is 1.86 bits per heavy atom. The van der Waals surface area contributed by atoms with Crippen LogP contribution in [0.3, 0.4) is 0 Å². The summed E-state index contributed by atoms with van der Waals surface area (Å²) >= 11 is 6.12. The van der Waals surface area contributed by atoms with Crippen LogP contribution in [0.5, 0.6) is 17.2 Å². The Kier molecular flexibility index (Phi) is 7.45. The van der Waals surface area contributed by atoms with E-state index in [4.69, 9.17) is 16.3 Å². The van der Waals surface area contributed by atoms with Gasteiger partial charge in [0.1, 0.15) is 11.5 Å². The van der Waals surface area contributed by atoms with Crippen LogP contribution in [0.4, 0.5) is 29.5 Å². The molecule has 12 heteroatoms. The largest absolute Gasteiger partial charge is 0.573 e.